The van der Waals surface area contributed by atoms with Gasteiger partial charge in [0, 0.05) is 18.8 Å². The molecular formula is C21H29F3N4O4. The predicted molar refractivity (Wildman–Crippen MR) is 111 cm³/mol. The summed E-state index contributed by atoms with van der Waals surface area (Å²) in [6.45, 7) is 1.26. The van der Waals surface area contributed by atoms with Gasteiger partial charge in [0.2, 0.25) is 0 Å². The Morgan fingerprint density at radius 3 is 2.56 bits per heavy atom. The molecule has 0 saturated heterocycles. The van der Waals surface area contributed by atoms with Gasteiger partial charge < -0.3 is 27.0 Å². The van der Waals surface area contributed by atoms with Gasteiger partial charge in [0.05, 0.1) is 17.8 Å². The molecule has 2 aliphatic rings. The Balaban J connectivity index is 0.000000309. The third kappa shape index (κ3) is 6.68. The van der Waals surface area contributed by atoms with Gasteiger partial charge in [-0.05, 0) is 49.4 Å². The lowest BCUT2D eigenvalue weighted by Crippen LogP contribution is -2.41. The zero-order chi connectivity index (χ0) is 23.9. The van der Waals surface area contributed by atoms with Crippen LogP contribution in [0.5, 0.6) is 0 Å². The lowest BCUT2D eigenvalue weighted by Gasteiger charge is -2.32. The summed E-state index contributed by atoms with van der Waals surface area (Å²) in [6.07, 6.45) is 0.181. The number of aliphatic carboxylic acids is 2. The molecule has 0 bridgehead atoms. The minimum Gasteiger partial charge on any atom is -0.480 e. The van der Waals surface area contributed by atoms with Crippen LogP contribution in [-0.4, -0.2) is 52.9 Å². The Bertz CT molecular complexity index is 845. The summed E-state index contributed by atoms with van der Waals surface area (Å²) in [6, 6.07) is 3.34. The van der Waals surface area contributed by atoms with Crippen molar-refractivity contribution in [1.82, 2.24) is 10.2 Å². The van der Waals surface area contributed by atoms with Crippen molar-refractivity contribution in [2.45, 2.75) is 50.4 Å². The van der Waals surface area contributed by atoms with E-state index in [4.69, 9.17) is 21.7 Å². The van der Waals surface area contributed by atoms with E-state index in [1.165, 1.54) is 12.3 Å². The Morgan fingerprint density at radius 1 is 1.25 bits per heavy atom. The third-order valence-corrected chi connectivity index (χ3v) is 5.49. The summed E-state index contributed by atoms with van der Waals surface area (Å²) < 4.78 is 39.2. The van der Waals surface area contributed by atoms with Gasteiger partial charge in [-0.15, -0.1) is 0 Å². The molecule has 3 rings (SSSR count). The number of hydrogen-bond acceptors (Lipinski definition) is 6. The van der Waals surface area contributed by atoms with Crippen LogP contribution < -0.4 is 16.8 Å². The summed E-state index contributed by atoms with van der Waals surface area (Å²) in [5.41, 5.74) is 11.1. The van der Waals surface area contributed by atoms with Crippen LogP contribution in [0.4, 0.5) is 13.2 Å². The van der Waals surface area contributed by atoms with E-state index in [9.17, 15) is 22.8 Å². The van der Waals surface area contributed by atoms with E-state index in [0.29, 0.717) is 43.6 Å². The molecule has 1 aliphatic carbocycles. The van der Waals surface area contributed by atoms with Gasteiger partial charge in [-0.1, -0.05) is 18.6 Å². The monoisotopic (exact) mass is 458 g/mol. The van der Waals surface area contributed by atoms with Crippen LogP contribution in [0.1, 0.15) is 48.4 Å². The summed E-state index contributed by atoms with van der Waals surface area (Å²) in [5.74, 6) is -1.95. The number of halogens is 3. The molecule has 0 spiro atoms. The van der Waals surface area contributed by atoms with Crippen LogP contribution in [0.2, 0.25) is 0 Å². The Kier molecular flexibility index (Phi) is 9.05. The van der Waals surface area contributed by atoms with Crippen molar-refractivity contribution in [3.8, 4) is 0 Å². The summed E-state index contributed by atoms with van der Waals surface area (Å²) in [4.78, 5) is 23.1. The second kappa shape index (κ2) is 11.3. The van der Waals surface area contributed by atoms with Gasteiger partial charge in [0.1, 0.15) is 6.04 Å². The molecule has 0 radical (unpaired) electrons. The maximum Gasteiger partial charge on any atom is 0.416 e. The maximum absolute atomic E-state index is 13.1. The molecule has 2 atom stereocenters. The molecule has 32 heavy (non-hydrogen) atoms. The van der Waals surface area contributed by atoms with Crippen molar-refractivity contribution in [2.75, 3.05) is 19.8 Å². The highest BCUT2D eigenvalue weighted by Gasteiger charge is 2.39. The number of nitrogens with zero attached hydrogens (tertiary/aromatic N) is 1. The first-order valence-electron chi connectivity index (χ1n) is 10.3. The number of nitrogens with one attached hydrogen (secondary N) is 1. The molecule has 0 aromatic heterocycles. The highest BCUT2D eigenvalue weighted by Crippen LogP contribution is 2.42. The maximum atomic E-state index is 13.1. The van der Waals surface area contributed by atoms with Crippen LogP contribution in [0.25, 0.3) is 0 Å². The second-order valence-corrected chi connectivity index (χ2v) is 7.74. The predicted octanol–water partition coefficient (Wildman–Crippen LogP) is 2.05. The minimum absolute atomic E-state index is 0.187. The number of carbonyl (C=O) groups is 2. The van der Waals surface area contributed by atoms with Gasteiger partial charge in [0.15, 0.2) is 0 Å². The van der Waals surface area contributed by atoms with Crippen molar-refractivity contribution in [3.05, 3.63) is 46.7 Å². The number of nitrogens with two attached hydrogens (primary N) is 2. The number of fused-ring (bicyclic) bond motifs is 1. The fourth-order valence-corrected chi connectivity index (χ4v) is 3.87. The Hall–Kier alpha value is -2.63. The van der Waals surface area contributed by atoms with E-state index in [1.807, 2.05) is 4.90 Å². The highest BCUT2D eigenvalue weighted by molar-refractivity contribution is 5.87. The molecule has 11 heteroatoms. The van der Waals surface area contributed by atoms with E-state index >= 15 is 0 Å². The van der Waals surface area contributed by atoms with Gasteiger partial charge >= 0.3 is 18.1 Å². The fraction of sp³-hybridized carbons (Fsp3) is 0.524. The van der Waals surface area contributed by atoms with Gasteiger partial charge in [-0.25, -0.2) is 4.79 Å². The molecular weight excluding hydrogens is 429 g/mol. The molecule has 0 fully saturated rings. The molecule has 0 saturated carbocycles. The van der Waals surface area contributed by atoms with Crippen molar-refractivity contribution in [1.29, 1.82) is 0 Å². The molecule has 7 N–H and O–H groups in total. The summed E-state index contributed by atoms with van der Waals surface area (Å²) >= 11 is 0. The molecule has 1 aliphatic heterocycles. The van der Waals surface area contributed by atoms with E-state index < -0.39 is 29.7 Å². The quantitative estimate of drug-likeness (QED) is 0.391. The molecule has 8 nitrogen and oxygen atoms in total. The zero-order valence-electron chi connectivity index (χ0n) is 17.6. The summed E-state index contributed by atoms with van der Waals surface area (Å²) in [7, 11) is 0. The second-order valence-electron chi connectivity index (χ2n) is 7.74. The molecule has 1 heterocycles. The van der Waals surface area contributed by atoms with Crippen LogP contribution >= 0.6 is 0 Å². The number of carboxylic acid groups (broad SMARTS) is 2. The van der Waals surface area contributed by atoms with Crippen molar-refractivity contribution >= 4 is 11.9 Å². The van der Waals surface area contributed by atoms with Crippen LogP contribution in [0.3, 0.4) is 0 Å². The number of rotatable bonds is 7. The first kappa shape index (κ1) is 25.6. The lowest BCUT2D eigenvalue weighted by molar-refractivity contribution is -0.139. The molecule has 0 unspecified atom stereocenters. The van der Waals surface area contributed by atoms with E-state index in [-0.39, 0.29) is 18.2 Å². The van der Waals surface area contributed by atoms with E-state index in [0.717, 1.165) is 18.9 Å². The number of benzene rings is 1. The number of unbranched alkanes of at least 4 members (excludes halogenated alkanes) is 1. The smallest absolute Gasteiger partial charge is 0.416 e. The average molecular weight is 458 g/mol. The van der Waals surface area contributed by atoms with Crippen molar-refractivity contribution < 1.29 is 33.0 Å². The number of carboxylic acids is 2. The molecule has 1 aromatic carbocycles. The van der Waals surface area contributed by atoms with E-state index in [1.54, 1.807) is 6.07 Å². The normalized spacial score (nSPS) is 19.2. The fourth-order valence-electron chi connectivity index (χ4n) is 3.87. The van der Waals surface area contributed by atoms with Gasteiger partial charge in [0.25, 0.3) is 0 Å². The average Bonchev–Trinajstić information content (AvgIpc) is 3.17. The first-order valence-corrected chi connectivity index (χ1v) is 10.3. The molecule has 178 valence electrons. The van der Waals surface area contributed by atoms with Crippen molar-refractivity contribution in [3.63, 3.8) is 0 Å². The first-order chi connectivity index (χ1) is 15.1. The SMILES string of the molecule is NCCCC[C@H](N)C(=O)O.O=C(O)C1=CNCN([C@@H]2CCc3c2cccc3C(F)(F)F)C1. The number of alkyl halides is 3. The molecule has 0 amide bonds. The van der Waals surface area contributed by atoms with Crippen LogP contribution in [0.15, 0.2) is 30.0 Å². The van der Waals surface area contributed by atoms with E-state index in [2.05, 4.69) is 5.32 Å². The molecule has 1 aromatic rings. The number of hydrogen-bond donors (Lipinski definition) is 5. The largest absolute Gasteiger partial charge is 0.480 e. The lowest BCUT2D eigenvalue weighted by atomic mass is 10.0. The van der Waals surface area contributed by atoms with Gasteiger partial charge in [-0.3, -0.25) is 9.69 Å². The highest BCUT2D eigenvalue weighted by atomic mass is 19.4. The van der Waals surface area contributed by atoms with Crippen LogP contribution in [0, 0.1) is 0 Å². The zero-order valence-corrected chi connectivity index (χ0v) is 17.6. The minimum atomic E-state index is -4.35. The standard InChI is InChI=1S/C15H15F3N2O2.C6H14N2O2/c16-15(17,18)12-3-1-2-11-10(12)4-5-13(11)20-7-9(14(21)22)6-19-8-20;7-4-2-1-3-5(8)6(9)10/h1-3,6,13,19H,4-5,7-8H2,(H,21,22);5H,1-4,7-8H2,(H,9,10)/t13-;5-/m10/s1. The Morgan fingerprint density at radius 2 is 1.97 bits per heavy atom. The topological polar surface area (TPSA) is 142 Å². The van der Waals surface area contributed by atoms with Crippen molar-refractivity contribution in [2.24, 2.45) is 11.5 Å². The third-order valence-electron chi connectivity index (χ3n) is 5.49. The summed E-state index contributed by atoms with van der Waals surface area (Å²) in [5, 5.41) is 20.3. The Labute approximate surface area is 184 Å². The van der Waals surface area contributed by atoms with Crippen LogP contribution in [-0.2, 0) is 22.2 Å². The van der Waals surface area contributed by atoms with Gasteiger partial charge in [-0.2, -0.15) is 13.2 Å².